The molecule has 3 rings (SSSR count). The molecule has 0 aromatic heterocycles. The number of rotatable bonds is 8. The first kappa shape index (κ1) is 23.8. The molecule has 1 N–H and O–H groups in total. The summed E-state index contributed by atoms with van der Waals surface area (Å²) in [4.78, 5) is 15.3. The van der Waals surface area contributed by atoms with Crippen LogP contribution in [0.3, 0.4) is 0 Å². The van der Waals surface area contributed by atoms with Crippen LogP contribution in [-0.2, 0) is 21.3 Å². The molecular formula is C22H29N3O6S. The summed E-state index contributed by atoms with van der Waals surface area (Å²) < 4.78 is 42.4. The molecular weight excluding hydrogens is 434 g/mol. The van der Waals surface area contributed by atoms with Gasteiger partial charge in [-0.05, 0) is 30.3 Å². The molecule has 0 saturated carbocycles. The predicted molar refractivity (Wildman–Crippen MR) is 121 cm³/mol. The van der Waals surface area contributed by atoms with Crippen molar-refractivity contribution in [3.63, 3.8) is 0 Å². The van der Waals surface area contributed by atoms with E-state index in [0.717, 1.165) is 9.87 Å². The van der Waals surface area contributed by atoms with Crippen LogP contribution in [0.4, 0.5) is 5.69 Å². The van der Waals surface area contributed by atoms with Crippen molar-refractivity contribution in [2.75, 3.05) is 59.5 Å². The molecule has 1 heterocycles. The number of hydrogen-bond donors (Lipinski definition) is 1. The van der Waals surface area contributed by atoms with Crippen LogP contribution >= 0.6 is 0 Å². The van der Waals surface area contributed by atoms with Crippen molar-refractivity contribution in [2.24, 2.45) is 0 Å². The highest BCUT2D eigenvalue weighted by Gasteiger charge is 2.24. The third-order valence-corrected chi connectivity index (χ3v) is 7.09. The highest BCUT2D eigenvalue weighted by molar-refractivity contribution is 7.89. The number of hydrogen-bond acceptors (Lipinski definition) is 7. The number of carbonyl (C=O) groups is 1. The fourth-order valence-electron chi connectivity index (χ4n) is 3.42. The van der Waals surface area contributed by atoms with E-state index >= 15 is 0 Å². The zero-order valence-corrected chi connectivity index (χ0v) is 19.6. The van der Waals surface area contributed by atoms with Gasteiger partial charge < -0.3 is 24.4 Å². The largest absolute Gasteiger partial charge is 0.497 e. The van der Waals surface area contributed by atoms with Gasteiger partial charge in [-0.15, -0.1) is 0 Å². The maximum atomic E-state index is 13.2. The molecule has 0 aliphatic carbocycles. The minimum atomic E-state index is -3.69. The molecule has 0 unspecified atom stereocenters. The molecule has 0 bridgehead atoms. The average molecular weight is 464 g/mol. The van der Waals surface area contributed by atoms with Crippen LogP contribution in [0.15, 0.2) is 41.3 Å². The molecule has 0 atom stereocenters. The first-order valence-corrected chi connectivity index (χ1v) is 11.6. The Hall–Kier alpha value is -2.82. The Morgan fingerprint density at radius 3 is 2.44 bits per heavy atom. The van der Waals surface area contributed by atoms with Crippen molar-refractivity contribution in [3.8, 4) is 11.5 Å². The molecule has 9 nitrogen and oxygen atoms in total. The molecule has 1 aliphatic heterocycles. The summed E-state index contributed by atoms with van der Waals surface area (Å²) in [5, 5.41) is 2.89. The number of nitrogens with zero attached hydrogens (tertiary/aromatic N) is 2. The van der Waals surface area contributed by atoms with Crippen molar-refractivity contribution in [2.45, 2.75) is 11.4 Å². The number of nitrogens with one attached hydrogen (secondary N) is 1. The van der Waals surface area contributed by atoms with Gasteiger partial charge in [0.1, 0.15) is 11.5 Å². The number of ether oxygens (including phenoxy) is 3. The van der Waals surface area contributed by atoms with E-state index in [1.807, 2.05) is 11.0 Å². The summed E-state index contributed by atoms with van der Waals surface area (Å²) in [6.07, 6.45) is 0. The lowest BCUT2D eigenvalue weighted by atomic mass is 10.1. The van der Waals surface area contributed by atoms with E-state index in [0.29, 0.717) is 49.1 Å². The number of carbonyl (C=O) groups excluding carboxylic acids is 1. The molecule has 1 fully saturated rings. The van der Waals surface area contributed by atoms with Crippen molar-refractivity contribution >= 4 is 21.6 Å². The lowest BCUT2D eigenvalue weighted by molar-refractivity contribution is 0.0949. The second-order valence-corrected chi connectivity index (χ2v) is 9.58. The van der Waals surface area contributed by atoms with Crippen LogP contribution in [0.5, 0.6) is 11.5 Å². The summed E-state index contributed by atoms with van der Waals surface area (Å²) in [7, 11) is 2.34. The minimum Gasteiger partial charge on any atom is -0.497 e. The Morgan fingerprint density at radius 1 is 1.09 bits per heavy atom. The van der Waals surface area contributed by atoms with Crippen molar-refractivity contribution in [3.05, 3.63) is 47.5 Å². The van der Waals surface area contributed by atoms with Crippen LogP contribution in [0.1, 0.15) is 15.9 Å². The molecule has 0 radical (unpaired) electrons. The van der Waals surface area contributed by atoms with Gasteiger partial charge in [0.15, 0.2) is 0 Å². The SMILES string of the molecule is COc1ccc(CNC(=O)c2cc(S(=O)(=O)N(C)C)ccc2N2CCOCC2)c(OC)c1. The summed E-state index contributed by atoms with van der Waals surface area (Å²) in [5.74, 6) is 0.857. The van der Waals surface area contributed by atoms with Crippen LogP contribution < -0.4 is 19.7 Å². The Kier molecular flexibility index (Phi) is 7.60. The third kappa shape index (κ3) is 5.14. The Morgan fingerprint density at radius 2 is 1.81 bits per heavy atom. The fraction of sp³-hybridized carbons (Fsp3) is 0.409. The lowest BCUT2D eigenvalue weighted by Gasteiger charge is -2.30. The first-order chi connectivity index (χ1) is 15.3. The normalized spacial score (nSPS) is 14.3. The molecule has 174 valence electrons. The van der Waals surface area contributed by atoms with Gasteiger partial charge in [-0.2, -0.15) is 0 Å². The molecule has 2 aromatic rings. The highest BCUT2D eigenvalue weighted by atomic mass is 32.2. The summed E-state index contributed by atoms with van der Waals surface area (Å²) in [6, 6.07) is 9.99. The maximum absolute atomic E-state index is 13.2. The van der Waals surface area contributed by atoms with E-state index in [9.17, 15) is 13.2 Å². The van der Waals surface area contributed by atoms with Gasteiger partial charge >= 0.3 is 0 Å². The second-order valence-electron chi connectivity index (χ2n) is 7.43. The van der Waals surface area contributed by atoms with Gasteiger partial charge in [-0.25, -0.2) is 12.7 Å². The van der Waals surface area contributed by atoms with E-state index in [1.165, 1.54) is 26.2 Å². The Labute approximate surface area is 188 Å². The summed E-state index contributed by atoms with van der Waals surface area (Å²) in [6.45, 7) is 2.53. The van der Waals surface area contributed by atoms with Gasteiger partial charge in [-0.1, -0.05) is 0 Å². The van der Waals surface area contributed by atoms with E-state index in [4.69, 9.17) is 14.2 Å². The summed E-state index contributed by atoms with van der Waals surface area (Å²) >= 11 is 0. The minimum absolute atomic E-state index is 0.0617. The number of anilines is 1. The molecule has 32 heavy (non-hydrogen) atoms. The number of benzene rings is 2. The maximum Gasteiger partial charge on any atom is 0.253 e. The van der Waals surface area contributed by atoms with Gasteiger partial charge in [0, 0.05) is 51.0 Å². The van der Waals surface area contributed by atoms with Crippen molar-refractivity contribution in [1.29, 1.82) is 0 Å². The number of methoxy groups -OCH3 is 2. The second kappa shape index (κ2) is 10.2. The zero-order chi connectivity index (χ0) is 23.3. The van der Waals surface area contributed by atoms with E-state index < -0.39 is 10.0 Å². The zero-order valence-electron chi connectivity index (χ0n) is 18.8. The smallest absolute Gasteiger partial charge is 0.253 e. The number of morpholine rings is 1. The van der Waals surface area contributed by atoms with E-state index in [-0.39, 0.29) is 17.3 Å². The Balaban J connectivity index is 1.92. The average Bonchev–Trinajstić information content (AvgIpc) is 2.82. The Bertz CT molecular complexity index is 1070. The monoisotopic (exact) mass is 463 g/mol. The van der Waals surface area contributed by atoms with E-state index in [1.54, 1.807) is 32.4 Å². The molecule has 2 aromatic carbocycles. The van der Waals surface area contributed by atoms with Crippen LogP contribution in [0.25, 0.3) is 0 Å². The van der Waals surface area contributed by atoms with Crippen LogP contribution in [-0.4, -0.2) is 73.2 Å². The van der Waals surface area contributed by atoms with Gasteiger partial charge in [0.2, 0.25) is 10.0 Å². The quantitative estimate of drug-likeness (QED) is 0.637. The highest BCUT2D eigenvalue weighted by Crippen LogP contribution is 2.27. The van der Waals surface area contributed by atoms with Gasteiger partial charge in [0.05, 0.1) is 37.9 Å². The van der Waals surface area contributed by atoms with Crippen molar-refractivity contribution in [1.82, 2.24) is 9.62 Å². The van der Waals surface area contributed by atoms with Gasteiger partial charge in [0.25, 0.3) is 5.91 Å². The number of amides is 1. The first-order valence-electron chi connectivity index (χ1n) is 10.2. The third-order valence-electron chi connectivity index (χ3n) is 5.28. The molecule has 10 heteroatoms. The van der Waals surface area contributed by atoms with Crippen LogP contribution in [0.2, 0.25) is 0 Å². The topological polar surface area (TPSA) is 97.4 Å². The molecule has 1 aliphatic rings. The predicted octanol–water partition coefficient (Wildman–Crippen LogP) is 1.72. The molecule has 1 amide bonds. The summed E-state index contributed by atoms with van der Waals surface area (Å²) in [5.41, 5.74) is 1.74. The van der Waals surface area contributed by atoms with E-state index in [2.05, 4.69) is 5.32 Å². The van der Waals surface area contributed by atoms with Crippen LogP contribution in [0, 0.1) is 0 Å². The lowest BCUT2D eigenvalue weighted by Crippen LogP contribution is -2.38. The fourth-order valence-corrected chi connectivity index (χ4v) is 4.35. The standard InChI is InChI=1S/C22H29N3O6S/c1-24(2)32(27,28)18-7-8-20(25-9-11-31-12-10-25)19(14-18)22(26)23-15-16-5-6-17(29-3)13-21(16)30-4/h5-8,13-14H,9-12,15H2,1-4H3,(H,23,26). The molecule has 0 spiro atoms. The molecule has 1 saturated heterocycles. The van der Waals surface area contributed by atoms with Crippen molar-refractivity contribution < 1.29 is 27.4 Å². The van der Waals surface area contributed by atoms with Gasteiger partial charge in [-0.3, -0.25) is 4.79 Å². The number of sulfonamides is 1.